The average molecular weight is 329 g/mol. The summed E-state index contributed by atoms with van der Waals surface area (Å²) in [5, 5.41) is 2.81. The van der Waals surface area contributed by atoms with E-state index in [1.165, 1.54) is 0 Å². The van der Waals surface area contributed by atoms with Crippen LogP contribution in [0.4, 0.5) is 0 Å². The Bertz CT molecular complexity index is 435. The van der Waals surface area contributed by atoms with E-state index < -0.39 is 6.10 Å². The number of nitrogens with one attached hydrogen (secondary N) is 1. The van der Waals surface area contributed by atoms with Crippen LogP contribution in [0.3, 0.4) is 0 Å². The number of benzene rings is 1. The molecule has 1 amide bonds. The lowest BCUT2D eigenvalue weighted by molar-refractivity contribution is -0.127. The molecule has 0 heterocycles. The van der Waals surface area contributed by atoms with Gasteiger partial charge in [-0.25, -0.2) is 0 Å². The van der Waals surface area contributed by atoms with Gasteiger partial charge in [-0.1, -0.05) is 22.9 Å². The number of hydrogen-bond donors (Lipinski definition) is 2. The number of rotatable bonds is 6. The molecule has 0 saturated carbocycles. The number of carbonyl (C=O) groups excluding carboxylic acids is 1. The minimum atomic E-state index is -0.537. The fourth-order valence-corrected chi connectivity index (χ4v) is 2.00. The minimum Gasteiger partial charge on any atom is -0.481 e. The predicted octanol–water partition coefficient (Wildman–Crippen LogP) is 2.76. The van der Waals surface area contributed by atoms with Gasteiger partial charge in [0.15, 0.2) is 6.10 Å². The summed E-state index contributed by atoms with van der Waals surface area (Å²) in [7, 11) is 0. The van der Waals surface area contributed by atoms with Crippen molar-refractivity contribution in [2.45, 2.75) is 39.3 Å². The van der Waals surface area contributed by atoms with Crippen LogP contribution < -0.4 is 15.8 Å². The van der Waals surface area contributed by atoms with E-state index in [0.717, 1.165) is 16.5 Å². The summed E-state index contributed by atoms with van der Waals surface area (Å²) >= 11 is 3.40. The molecule has 5 heteroatoms. The monoisotopic (exact) mass is 328 g/mol. The fourth-order valence-electron chi connectivity index (χ4n) is 1.62. The zero-order valence-electron chi connectivity index (χ0n) is 11.6. The summed E-state index contributed by atoms with van der Waals surface area (Å²) in [5.74, 6) is 0.540. The van der Waals surface area contributed by atoms with Crippen LogP contribution >= 0.6 is 15.9 Å². The number of halogens is 1. The Morgan fingerprint density at radius 1 is 1.47 bits per heavy atom. The van der Waals surface area contributed by atoms with Gasteiger partial charge in [0.2, 0.25) is 0 Å². The first-order chi connectivity index (χ1) is 8.95. The lowest BCUT2D eigenvalue weighted by atomic mass is 10.1. The summed E-state index contributed by atoms with van der Waals surface area (Å²) in [6.07, 6.45) is 0.368. The van der Waals surface area contributed by atoms with Gasteiger partial charge in [-0.2, -0.15) is 0 Å². The molecule has 0 spiro atoms. The zero-order valence-corrected chi connectivity index (χ0v) is 13.2. The molecule has 1 aromatic rings. The first-order valence-electron chi connectivity index (χ1n) is 6.45. The van der Waals surface area contributed by atoms with Crippen molar-refractivity contribution < 1.29 is 9.53 Å². The quantitative estimate of drug-likeness (QED) is 0.843. The summed E-state index contributed by atoms with van der Waals surface area (Å²) < 4.78 is 6.65. The molecule has 0 aromatic heterocycles. The van der Waals surface area contributed by atoms with Crippen LogP contribution in [0.2, 0.25) is 0 Å². The van der Waals surface area contributed by atoms with E-state index >= 15 is 0 Å². The minimum absolute atomic E-state index is 0.111. The predicted molar refractivity (Wildman–Crippen MR) is 80.1 cm³/mol. The number of amides is 1. The highest BCUT2D eigenvalue weighted by atomic mass is 79.9. The molecule has 0 saturated heterocycles. The van der Waals surface area contributed by atoms with Gasteiger partial charge < -0.3 is 15.8 Å². The molecular formula is C14H21BrN2O2. The van der Waals surface area contributed by atoms with Gasteiger partial charge in [-0.15, -0.1) is 0 Å². The van der Waals surface area contributed by atoms with Crippen LogP contribution in [0.15, 0.2) is 22.7 Å². The highest BCUT2D eigenvalue weighted by Gasteiger charge is 2.17. The Labute approximate surface area is 122 Å². The van der Waals surface area contributed by atoms with E-state index in [1.54, 1.807) is 6.92 Å². The maximum atomic E-state index is 11.8. The second-order valence-electron chi connectivity index (χ2n) is 4.52. The summed E-state index contributed by atoms with van der Waals surface area (Å²) in [5.41, 5.74) is 6.79. The number of hydrogen-bond acceptors (Lipinski definition) is 3. The molecule has 0 radical (unpaired) electrons. The molecule has 0 aliphatic carbocycles. The van der Waals surface area contributed by atoms with E-state index in [1.807, 2.05) is 32.0 Å². The molecular weight excluding hydrogens is 308 g/mol. The third-order valence-electron chi connectivity index (χ3n) is 2.68. The van der Waals surface area contributed by atoms with Crippen LogP contribution in [-0.4, -0.2) is 18.6 Å². The van der Waals surface area contributed by atoms with Crippen molar-refractivity contribution in [3.8, 4) is 5.75 Å². The number of carbonyl (C=O) groups is 1. The topological polar surface area (TPSA) is 64.3 Å². The van der Waals surface area contributed by atoms with Gasteiger partial charge in [0.25, 0.3) is 5.91 Å². The van der Waals surface area contributed by atoms with Gasteiger partial charge in [-0.05, 0) is 38.5 Å². The smallest absolute Gasteiger partial charge is 0.260 e. The van der Waals surface area contributed by atoms with Crippen LogP contribution in [0.5, 0.6) is 5.75 Å². The molecule has 1 rings (SSSR count). The van der Waals surface area contributed by atoms with Crippen molar-refractivity contribution in [3.63, 3.8) is 0 Å². The van der Waals surface area contributed by atoms with Crippen molar-refractivity contribution in [2.24, 2.45) is 5.73 Å². The molecule has 0 bridgehead atoms. The van der Waals surface area contributed by atoms with Crippen LogP contribution in [0.25, 0.3) is 0 Å². The van der Waals surface area contributed by atoms with Gasteiger partial charge in [0.1, 0.15) is 5.75 Å². The van der Waals surface area contributed by atoms with Crippen molar-refractivity contribution in [2.75, 3.05) is 6.54 Å². The number of ether oxygens (including phenoxy) is 1. The highest BCUT2D eigenvalue weighted by molar-refractivity contribution is 9.10. The number of nitrogens with two attached hydrogens (primary N) is 1. The molecule has 2 atom stereocenters. The van der Waals surface area contributed by atoms with Crippen LogP contribution in [0, 0.1) is 0 Å². The van der Waals surface area contributed by atoms with E-state index in [0.29, 0.717) is 12.3 Å². The second kappa shape index (κ2) is 7.50. The van der Waals surface area contributed by atoms with E-state index in [2.05, 4.69) is 21.2 Å². The van der Waals surface area contributed by atoms with E-state index in [4.69, 9.17) is 10.5 Å². The maximum Gasteiger partial charge on any atom is 0.260 e. The van der Waals surface area contributed by atoms with Gasteiger partial charge in [-0.3, -0.25) is 4.79 Å². The van der Waals surface area contributed by atoms with Crippen molar-refractivity contribution >= 4 is 21.8 Å². The van der Waals surface area contributed by atoms with Crippen LogP contribution in [0.1, 0.15) is 38.8 Å². The third-order valence-corrected chi connectivity index (χ3v) is 3.18. The van der Waals surface area contributed by atoms with Crippen molar-refractivity contribution in [1.82, 2.24) is 5.32 Å². The van der Waals surface area contributed by atoms with Gasteiger partial charge >= 0.3 is 0 Å². The molecule has 4 nitrogen and oxygen atoms in total. The Balaban J connectivity index is 2.78. The molecule has 3 N–H and O–H groups in total. The van der Waals surface area contributed by atoms with Gasteiger partial charge in [0.05, 0.1) is 0 Å². The Hall–Kier alpha value is -1.07. The normalized spacial score (nSPS) is 13.7. The molecule has 0 aliphatic heterocycles. The first kappa shape index (κ1) is 16.0. The molecule has 0 fully saturated rings. The zero-order chi connectivity index (χ0) is 14.4. The maximum absolute atomic E-state index is 11.8. The van der Waals surface area contributed by atoms with Crippen LogP contribution in [-0.2, 0) is 4.79 Å². The molecule has 1 aromatic carbocycles. The van der Waals surface area contributed by atoms with Crippen molar-refractivity contribution in [3.05, 3.63) is 28.2 Å². The molecule has 19 heavy (non-hydrogen) atoms. The fraction of sp³-hybridized carbons (Fsp3) is 0.500. The summed E-state index contributed by atoms with van der Waals surface area (Å²) in [4.78, 5) is 11.8. The Kier molecular flexibility index (Phi) is 6.31. The highest BCUT2D eigenvalue weighted by Crippen LogP contribution is 2.28. The largest absolute Gasteiger partial charge is 0.481 e. The third kappa shape index (κ3) is 4.84. The standard InChI is InChI=1S/C14H21BrN2O2/c1-4-7-17-14(18)10(3)19-13-6-5-11(15)8-12(13)9(2)16/h5-6,8-10H,4,7,16H2,1-3H3,(H,17,18). The Morgan fingerprint density at radius 2 is 2.16 bits per heavy atom. The molecule has 2 unspecified atom stereocenters. The average Bonchev–Trinajstić information content (AvgIpc) is 2.37. The first-order valence-corrected chi connectivity index (χ1v) is 7.24. The molecule has 0 aliphatic rings. The Morgan fingerprint density at radius 3 is 2.74 bits per heavy atom. The summed E-state index contributed by atoms with van der Waals surface area (Å²) in [6.45, 7) is 6.29. The molecule has 106 valence electrons. The van der Waals surface area contributed by atoms with E-state index in [-0.39, 0.29) is 11.9 Å². The van der Waals surface area contributed by atoms with Crippen molar-refractivity contribution in [1.29, 1.82) is 0 Å². The van der Waals surface area contributed by atoms with E-state index in [9.17, 15) is 4.79 Å². The summed E-state index contributed by atoms with van der Waals surface area (Å²) in [6, 6.07) is 5.46. The lowest BCUT2D eigenvalue weighted by Gasteiger charge is -2.19. The van der Waals surface area contributed by atoms with Gasteiger partial charge in [0, 0.05) is 22.6 Å². The lowest BCUT2D eigenvalue weighted by Crippen LogP contribution is -2.36. The second-order valence-corrected chi connectivity index (χ2v) is 5.44. The SMILES string of the molecule is CCCNC(=O)C(C)Oc1ccc(Br)cc1C(C)N.